The van der Waals surface area contributed by atoms with Crippen LogP contribution in [0, 0.1) is 0 Å². The Kier molecular flexibility index (Phi) is 7.75. The fraction of sp³-hybridized carbons (Fsp3) is 0.172. The molecule has 0 aliphatic heterocycles. The first kappa shape index (κ1) is 24.0. The molecular formula is C29H28N2O4. The molecular weight excluding hydrogens is 440 g/mol. The zero-order valence-corrected chi connectivity index (χ0v) is 19.8. The first-order valence-electron chi connectivity index (χ1n) is 11.5. The van der Waals surface area contributed by atoms with Gasteiger partial charge in [-0.25, -0.2) is 4.79 Å². The molecule has 0 bridgehead atoms. The number of benzene rings is 3. The van der Waals surface area contributed by atoms with Gasteiger partial charge in [0, 0.05) is 18.6 Å². The summed E-state index contributed by atoms with van der Waals surface area (Å²) in [5.74, 6) is -0.173. The molecule has 0 saturated heterocycles. The monoisotopic (exact) mass is 468 g/mol. The average molecular weight is 469 g/mol. The molecule has 0 aliphatic carbocycles. The van der Waals surface area contributed by atoms with E-state index in [0.717, 1.165) is 57.0 Å². The maximum absolute atomic E-state index is 10.9. The van der Waals surface area contributed by atoms with Crippen molar-refractivity contribution in [3.63, 3.8) is 0 Å². The number of H-pyrrole nitrogens is 1. The van der Waals surface area contributed by atoms with Gasteiger partial charge in [0.1, 0.15) is 12.4 Å². The third-order valence-electron chi connectivity index (χ3n) is 5.74. The van der Waals surface area contributed by atoms with Crippen LogP contribution in [0.3, 0.4) is 0 Å². The quantitative estimate of drug-likeness (QED) is 0.168. The van der Waals surface area contributed by atoms with E-state index in [0.29, 0.717) is 13.2 Å². The molecule has 0 saturated carbocycles. The molecule has 1 heterocycles. The molecule has 0 fully saturated rings. The van der Waals surface area contributed by atoms with Crippen LogP contribution in [0.15, 0.2) is 79.0 Å². The molecule has 4 aromatic rings. The van der Waals surface area contributed by atoms with Gasteiger partial charge >= 0.3 is 5.97 Å². The van der Waals surface area contributed by atoms with Crippen LogP contribution in [-0.4, -0.2) is 41.6 Å². The third kappa shape index (κ3) is 5.86. The van der Waals surface area contributed by atoms with Crippen molar-refractivity contribution in [2.75, 3.05) is 20.3 Å². The van der Waals surface area contributed by atoms with E-state index in [2.05, 4.69) is 41.4 Å². The fourth-order valence-electron chi connectivity index (χ4n) is 4.08. The van der Waals surface area contributed by atoms with Crippen LogP contribution in [0.4, 0.5) is 0 Å². The number of fused-ring (bicyclic) bond motifs is 1. The van der Waals surface area contributed by atoms with Gasteiger partial charge in [-0.05, 0) is 70.2 Å². The standard InChI is InChI=1S/C29H28N2O4/c1-3-26(22-5-4-6-25(18-22)35-16-15-34-2)29(23-12-13-27-24(17-23)19-30-31-27)21-10-7-20(8-11-21)9-14-28(32)33/h4-14,17-19H,3,15-16H2,1-2H3,(H,30,31)(H,32,33)/b14-9+,29-26+. The largest absolute Gasteiger partial charge is 0.491 e. The highest BCUT2D eigenvalue weighted by Gasteiger charge is 2.15. The fourth-order valence-corrected chi connectivity index (χ4v) is 4.08. The Hall–Kier alpha value is -4.16. The van der Waals surface area contributed by atoms with Gasteiger partial charge in [-0.2, -0.15) is 5.10 Å². The number of carboxylic acid groups (broad SMARTS) is 1. The summed E-state index contributed by atoms with van der Waals surface area (Å²) in [4.78, 5) is 10.9. The lowest BCUT2D eigenvalue weighted by atomic mass is 9.87. The number of carboxylic acids is 1. The summed E-state index contributed by atoms with van der Waals surface area (Å²) in [7, 11) is 1.66. The minimum Gasteiger partial charge on any atom is -0.491 e. The van der Waals surface area contributed by atoms with E-state index in [9.17, 15) is 4.79 Å². The lowest BCUT2D eigenvalue weighted by Crippen LogP contribution is -2.04. The second-order valence-corrected chi connectivity index (χ2v) is 8.04. The summed E-state index contributed by atoms with van der Waals surface area (Å²) >= 11 is 0. The molecule has 0 amide bonds. The Balaban J connectivity index is 1.84. The van der Waals surface area contributed by atoms with Crippen LogP contribution in [0.5, 0.6) is 5.75 Å². The molecule has 0 spiro atoms. The number of ether oxygens (including phenoxy) is 2. The maximum Gasteiger partial charge on any atom is 0.328 e. The number of nitrogens with zero attached hydrogens (tertiary/aromatic N) is 1. The number of aliphatic carboxylic acids is 1. The zero-order valence-electron chi connectivity index (χ0n) is 19.8. The summed E-state index contributed by atoms with van der Waals surface area (Å²) in [6.07, 6.45) is 5.37. The van der Waals surface area contributed by atoms with Gasteiger partial charge in [0.25, 0.3) is 0 Å². The molecule has 0 atom stereocenters. The van der Waals surface area contributed by atoms with Gasteiger partial charge in [-0.15, -0.1) is 0 Å². The SMILES string of the molecule is CC/C(=C(/c1ccc(/C=C/C(=O)O)cc1)c1ccc2[nH]ncc2c1)c1cccc(OCCOC)c1. The molecule has 0 unspecified atom stereocenters. The first-order chi connectivity index (χ1) is 17.1. The lowest BCUT2D eigenvalue weighted by molar-refractivity contribution is -0.131. The van der Waals surface area contributed by atoms with Crippen LogP contribution < -0.4 is 4.74 Å². The van der Waals surface area contributed by atoms with E-state index >= 15 is 0 Å². The maximum atomic E-state index is 10.9. The van der Waals surface area contributed by atoms with E-state index < -0.39 is 5.97 Å². The van der Waals surface area contributed by atoms with Gasteiger partial charge in [-0.3, -0.25) is 5.10 Å². The van der Waals surface area contributed by atoms with E-state index in [1.165, 1.54) is 5.57 Å². The van der Waals surface area contributed by atoms with Crippen LogP contribution in [0.25, 0.3) is 28.1 Å². The molecule has 0 radical (unpaired) electrons. The van der Waals surface area contributed by atoms with E-state index in [-0.39, 0.29) is 0 Å². The Morgan fingerprint density at radius 1 is 1.00 bits per heavy atom. The van der Waals surface area contributed by atoms with Crippen molar-refractivity contribution in [2.24, 2.45) is 0 Å². The van der Waals surface area contributed by atoms with Crippen LogP contribution in [0.1, 0.15) is 35.6 Å². The van der Waals surface area contributed by atoms with Crippen molar-refractivity contribution in [3.8, 4) is 5.75 Å². The lowest BCUT2D eigenvalue weighted by Gasteiger charge is -2.17. The van der Waals surface area contributed by atoms with Gasteiger partial charge in [0.05, 0.1) is 18.3 Å². The molecule has 4 rings (SSSR count). The highest BCUT2D eigenvalue weighted by atomic mass is 16.5. The van der Waals surface area contributed by atoms with E-state index in [4.69, 9.17) is 14.6 Å². The number of aromatic nitrogens is 2. The predicted molar refractivity (Wildman–Crippen MR) is 139 cm³/mol. The normalized spacial score (nSPS) is 12.2. The van der Waals surface area contributed by atoms with E-state index in [1.807, 2.05) is 48.7 Å². The summed E-state index contributed by atoms with van der Waals surface area (Å²) in [5.41, 5.74) is 7.30. The smallest absolute Gasteiger partial charge is 0.328 e. The van der Waals surface area contributed by atoms with Crippen LogP contribution in [0.2, 0.25) is 0 Å². The van der Waals surface area contributed by atoms with Crippen molar-refractivity contribution in [2.45, 2.75) is 13.3 Å². The van der Waals surface area contributed by atoms with Gasteiger partial charge in [0.2, 0.25) is 0 Å². The minimum atomic E-state index is -0.969. The number of hydrogen-bond acceptors (Lipinski definition) is 4. The Bertz CT molecular complexity index is 1370. The Morgan fingerprint density at radius 2 is 1.80 bits per heavy atom. The minimum absolute atomic E-state index is 0.487. The molecule has 2 N–H and O–H groups in total. The van der Waals surface area contributed by atoms with Crippen LogP contribution >= 0.6 is 0 Å². The molecule has 35 heavy (non-hydrogen) atoms. The van der Waals surface area contributed by atoms with Crippen LogP contribution in [-0.2, 0) is 9.53 Å². The number of hydrogen-bond donors (Lipinski definition) is 2. The van der Waals surface area contributed by atoms with Crippen molar-refractivity contribution in [1.29, 1.82) is 0 Å². The predicted octanol–water partition coefficient (Wildman–Crippen LogP) is 6.06. The molecule has 3 aromatic carbocycles. The van der Waals surface area contributed by atoms with E-state index in [1.54, 1.807) is 13.2 Å². The second kappa shape index (κ2) is 11.3. The molecule has 178 valence electrons. The second-order valence-electron chi connectivity index (χ2n) is 8.04. The Labute approximate surface area is 204 Å². The third-order valence-corrected chi connectivity index (χ3v) is 5.74. The molecule has 6 nitrogen and oxygen atoms in total. The van der Waals surface area contributed by atoms with Crippen molar-refractivity contribution in [3.05, 3.63) is 101 Å². The van der Waals surface area contributed by atoms with Gasteiger partial charge < -0.3 is 14.6 Å². The molecule has 1 aromatic heterocycles. The summed E-state index contributed by atoms with van der Waals surface area (Å²) < 4.78 is 11.0. The molecule has 6 heteroatoms. The summed E-state index contributed by atoms with van der Waals surface area (Å²) in [6, 6.07) is 22.3. The summed E-state index contributed by atoms with van der Waals surface area (Å²) in [6.45, 7) is 3.16. The number of nitrogens with one attached hydrogen (secondary N) is 1. The number of carbonyl (C=O) groups is 1. The first-order valence-corrected chi connectivity index (χ1v) is 11.5. The van der Waals surface area contributed by atoms with Gasteiger partial charge in [0.15, 0.2) is 0 Å². The average Bonchev–Trinajstić information content (AvgIpc) is 3.35. The highest BCUT2D eigenvalue weighted by molar-refractivity contribution is 6.00. The highest BCUT2D eigenvalue weighted by Crippen LogP contribution is 2.36. The summed E-state index contributed by atoms with van der Waals surface area (Å²) in [5, 5.41) is 17.2. The van der Waals surface area contributed by atoms with Gasteiger partial charge in [-0.1, -0.05) is 49.4 Å². The number of aromatic amines is 1. The number of rotatable bonds is 10. The number of methoxy groups -OCH3 is 1. The molecule has 0 aliphatic rings. The topological polar surface area (TPSA) is 84.4 Å². The van der Waals surface area contributed by atoms with Crippen molar-refractivity contribution < 1.29 is 19.4 Å². The Morgan fingerprint density at radius 3 is 2.54 bits per heavy atom. The van der Waals surface area contributed by atoms with Crippen molar-refractivity contribution >= 4 is 34.1 Å². The number of allylic oxidation sites excluding steroid dienone is 1. The van der Waals surface area contributed by atoms with Crippen molar-refractivity contribution in [1.82, 2.24) is 10.2 Å². The zero-order chi connectivity index (χ0) is 24.6.